The lowest BCUT2D eigenvalue weighted by Crippen LogP contribution is -2.56. The fraction of sp³-hybridized carbons (Fsp3) is 0.500. The fourth-order valence-corrected chi connectivity index (χ4v) is 7.76. The van der Waals surface area contributed by atoms with E-state index in [1.807, 2.05) is 50.2 Å². The summed E-state index contributed by atoms with van der Waals surface area (Å²) < 4.78 is 11.6. The molecule has 4 saturated carbocycles. The van der Waals surface area contributed by atoms with Gasteiger partial charge in [-0.25, -0.2) is 0 Å². The van der Waals surface area contributed by atoms with E-state index in [2.05, 4.69) is 0 Å². The van der Waals surface area contributed by atoms with E-state index >= 15 is 0 Å². The summed E-state index contributed by atoms with van der Waals surface area (Å²) in [6.07, 6.45) is 6.16. The second-order valence-electron chi connectivity index (χ2n) is 10.5. The first-order valence-electron chi connectivity index (χ1n) is 12.4. The topological polar surface area (TPSA) is 105 Å². The van der Waals surface area contributed by atoms with Crippen LogP contribution in [0.1, 0.15) is 84.2 Å². The first-order valence-corrected chi connectivity index (χ1v) is 12.4. The van der Waals surface area contributed by atoms with E-state index in [-0.39, 0.29) is 10.8 Å². The van der Waals surface area contributed by atoms with Crippen molar-refractivity contribution in [2.45, 2.75) is 63.2 Å². The standard InChI is InChI=1S/C28H34N2O4/c1-3-33-19-5-7-21(25(29)31)23(10-19)27-12-17-9-18(13-27)15-28(14-17,16-27)24-11-20(34-4-2)6-8-22(24)26(30)32/h5-8,10-11,17-18H,3-4,9,12-16H2,1-2H3,(H2,29,31)(H2,30,32). The molecule has 0 atom stereocenters. The Bertz CT molecular complexity index is 1040. The molecule has 4 aliphatic carbocycles. The second kappa shape index (κ2) is 8.33. The molecular weight excluding hydrogens is 428 g/mol. The van der Waals surface area contributed by atoms with Gasteiger partial charge in [0.25, 0.3) is 0 Å². The number of amides is 2. The normalized spacial score (nSPS) is 29.1. The maximum Gasteiger partial charge on any atom is 0.249 e. The Morgan fingerprint density at radius 1 is 0.794 bits per heavy atom. The summed E-state index contributed by atoms with van der Waals surface area (Å²) in [6, 6.07) is 11.4. The van der Waals surface area contributed by atoms with Crippen LogP contribution in [0.2, 0.25) is 0 Å². The molecule has 0 radical (unpaired) electrons. The number of carbonyl (C=O) groups is 2. The van der Waals surface area contributed by atoms with Gasteiger partial charge >= 0.3 is 0 Å². The fourth-order valence-electron chi connectivity index (χ4n) is 7.76. The van der Waals surface area contributed by atoms with E-state index in [0.29, 0.717) is 36.2 Å². The van der Waals surface area contributed by atoms with Crippen molar-refractivity contribution >= 4 is 11.8 Å². The summed E-state index contributed by atoms with van der Waals surface area (Å²) in [5, 5.41) is 0. The number of nitrogens with two attached hydrogens (primary N) is 2. The first-order chi connectivity index (χ1) is 16.3. The van der Waals surface area contributed by atoms with Crippen LogP contribution < -0.4 is 20.9 Å². The molecule has 4 N–H and O–H groups in total. The van der Waals surface area contributed by atoms with Crippen LogP contribution in [0.25, 0.3) is 0 Å². The van der Waals surface area contributed by atoms with Crippen LogP contribution in [-0.2, 0) is 10.8 Å². The summed E-state index contributed by atoms with van der Waals surface area (Å²) in [7, 11) is 0. The summed E-state index contributed by atoms with van der Waals surface area (Å²) in [4.78, 5) is 25.0. The second-order valence-corrected chi connectivity index (χ2v) is 10.5. The number of benzene rings is 2. The van der Waals surface area contributed by atoms with Crippen molar-refractivity contribution < 1.29 is 19.1 Å². The Morgan fingerprint density at radius 3 is 1.56 bits per heavy atom. The lowest BCUT2D eigenvalue weighted by atomic mass is 9.41. The highest BCUT2D eigenvalue weighted by molar-refractivity contribution is 5.96. The van der Waals surface area contributed by atoms with E-state index < -0.39 is 11.8 Å². The van der Waals surface area contributed by atoms with Gasteiger partial charge in [0.05, 0.1) is 13.2 Å². The van der Waals surface area contributed by atoms with Crippen molar-refractivity contribution in [2.75, 3.05) is 13.2 Å². The van der Waals surface area contributed by atoms with Gasteiger partial charge < -0.3 is 20.9 Å². The molecule has 0 aliphatic heterocycles. The van der Waals surface area contributed by atoms with Crippen LogP contribution in [-0.4, -0.2) is 25.0 Å². The monoisotopic (exact) mass is 462 g/mol. The molecule has 0 aromatic heterocycles. The van der Waals surface area contributed by atoms with Gasteiger partial charge in [0, 0.05) is 11.1 Å². The summed E-state index contributed by atoms with van der Waals surface area (Å²) in [6.45, 7) is 5.03. The lowest BCUT2D eigenvalue weighted by molar-refractivity contribution is -0.0288. The van der Waals surface area contributed by atoms with Crippen LogP contribution in [0, 0.1) is 11.8 Å². The molecular formula is C28H34N2O4. The third kappa shape index (κ3) is 3.64. The predicted octanol–water partition coefficient (Wildman–Crippen LogP) is 4.47. The molecule has 0 saturated heterocycles. The van der Waals surface area contributed by atoms with Crippen LogP contribution in [0.3, 0.4) is 0 Å². The molecule has 6 nitrogen and oxygen atoms in total. The van der Waals surface area contributed by atoms with E-state index in [1.165, 1.54) is 6.42 Å². The van der Waals surface area contributed by atoms with E-state index in [0.717, 1.165) is 54.7 Å². The minimum absolute atomic E-state index is 0.182. The van der Waals surface area contributed by atoms with Crippen LogP contribution in [0.4, 0.5) is 0 Å². The molecule has 0 heterocycles. The Hall–Kier alpha value is -3.02. The van der Waals surface area contributed by atoms with Crippen molar-refractivity contribution in [1.29, 1.82) is 0 Å². The molecule has 4 aliphatic rings. The van der Waals surface area contributed by atoms with Gasteiger partial charge in [0.15, 0.2) is 0 Å². The zero-order valence-electron chi connectivity index (χ0n) is 20.1. The molecule has 6 rings (SSSR count). The molecule has 0 spiro atoms. The van der Waals surface area contributed by atoms with Gasteiger partial charge in [0.2, 0.25) is 11.8 Å². The highest BCUT2D eigenvalue weighted by Crippen LogP contribution is 2.67. The van der Waals surface area contributed by atoms with E-state index in [1.54, 1.807) is 0 Å². The summed E-state index contributed by atoms with van der Waals surface area (Å²) in [5.74, 6) is 1.77. The van der Waals surface area contributed by atoms with Gasteiger partial charge in [-0.1, -0.05) is 0 Å². The Kier molecular flexibility index (Phi) is 5.58. The van der Waals surface area contributed by atoms with Crippen molar-refractivity contribution in [2.24, 2.45) is 23.3 Å². The predicted molar refractivity (Wildman–Crippen MR) is 130 cm³/mol. The van der Waals surface area contributed by atoms with Crippen molar-refractivity contribution in [3.63, 3.8) is 0 Å². The average Bonchev–Trinajstić information content (AvgIpc) is 2.78. The molecule has 4 bridgehead atoms. The molecule has 2 amide bonds. The van der Waals surface area contributed by atoms with Crippen molar-refractivity contribution in [3.8, 4) is 11.5 Å². The van der Waals surface area contributed by atoms with Gasteiger partial charge in [-0.3, -0.25) is 9.59 Å². The van der Waals surface area contributed by atoms with Gasteiger partial charge in [0.1, 0.15) is 11.5 Å². The maximum absolute atomic E-state index is 12.5. The third-order valence-corrected chi connectivity index (χ3v) is 8.34. The zero-order valence-corrected chi connectivity index (χ0v) is 20.1. The van der Waals surface area contributed by atoms with Gasteiger partial charge in [-0.05, 0) is 123 Å². The number of primary amides is 2. The highest BCUT2D eigenvalue weighted by atomic mass is 16.5. The molecule has 180 valence electrons. The first kappa shape index (κ1) is 22.8. The molecule has 2 aromatic carbocycles. The Balaban J connectivity index is 1.67. The average molecular weight is 463 g/mol. The van der Waals surface area contributed by atoms with Crippen molar-refractivity contribution in [1.82, 2.24) is 0 Å². The van der Waals surface area contributed by atoms with Crippen LogP contribution in [0.15, 0.2) is 36.4 Å². The van der Waals surface area contributed by atoms with Gasteiger partial charge in [-0.15, -0.1) is 0 Å². The van der Waals surface area contributed by atoms with E-state index in [4.69, 9.17) is 20.9 Å². The minimum atomic E-state index is -0.404. The summed E-state index contributed by atoms with van der Waals surface area (Å²) >= 11 is 0. The largest absolute Gasteiger partial charge is 0.494 e. The molecule has 6 heteroatoms. The number of rotatable bonds is 8. The number of hydrogen-bond acceptors (Lipinski definition) is 4. The minimum Gasteiger partial charge on any atom is -0.494 e. The maximum atomic E-state index is 12.5. The molecule has 0 unspecified atom stereocenters. The van der Waals surface area contributed by atoms with Crippen molar-refractivity contribution in [3.05, 3.63) is 58.7 Å². The lowest BCUT2D eigenvalue weighted by Gasteiger charge is -2.63. The quantitative estimate of drug-likeness (QED) is 0.604. The SMILES string of the molecule is CCOc1ccc(C(N)=O)c(C23CC4CC(C2)CC(c2cc(OCC)ccc2C(N)=O)(C4)C3)c1. The number of carbonyl (C=O) groups excluding carboxylic acids is 2. The van der Waals surface area contributed by atoms with Crippen LogP contribution >= 0.6 is 0 Å². The van der Waals surface area contributed by atoms with Crippen LogP contribution in [0.5, 0.6) is 11.5 Å². The number of hydrogen-bond donors (Lipinski definition) is 2. The molecule has 2 aromatic rings. The Morgan fingerprint density at radius 2 is 1.21 bits per heavy atom. The summed E-state index contributed by atoms with van der Waals surface area (Å²) in [5.41, 5.74) is 14.5. The zero-order chi connectivity index (χ0) is 24.1. The Labute approximate surface area is 201 Å². The molecule has 34 heavy (non-hydrogen) atoms. The smallest absolute Gasteiger partial charge is 0.249 e. The van der Waals surface area contributed by atoms with Gasteiger partial charge in [-0.2, -0.15) is 0 Å². The number of ether oxygens (including phenoxy) is 2. The third-order valence-electron chi connectivity index (χ3n) is 8.34. The van der Waals surface area contributed by atoms with E-state index in [9.17, 15) is 9.59 Å². The molecule has 4 fully saturated rings. The highest BCUT2D eigenvalue weighted by Gasteiger charge is 2.59.